The molecule has 2 N–H and O–H groups in total. The second-order valence-electron chi connectivity index (χ2n) is 9.36. The Morgan fingerprint density at radius 1 is 1.06 bits per heavy atom. The molecule has 6 heteroatoms. The van der Waals surface area contributed by atoms with Crippen LogP contribution in [0.15, 0.2) is 60.9 Å². The molecule has 5 nitrogen and oxygen atoms in total. The lowest BCUT2D eigenvalue weighted by atomic mass is 9.76. The number of pyridine rings is 1. The van der Waals surface area contributed by atoms with Gasteiger partial charge in [-0.3, -0.25) is 14.6 Å². The molecule has 0 radical (unpaired) electrons. The maximum atomic E-state index is 13.7. The van der Waals surface area contributed by atoms with Crippen LogP contribution in [-0.4, -0.2) is 22.0 Å². The summed E-state index contributed by atoms with van der Waals surface area (Å²) in [5.74, 6) is -0.789. The smallest absolute Gasteiger partial charge is 0.303 e. The zero-order valence-electron chi connectivity index (χ0n) is 20.0. The number of benzene rings is 2. The first-order valence-corrected chi connectivity index (χ1v) is 12.6. The zero-order chi connectivity index (χ0) is 24.8. The summed E-state index contributed by atoms with van der Waals surface area (Å²) in [5, 5.41) is 12.8. The Bertz CT molecular complexity index is 1190. The van der Waals surface area contributed by atoms with Crippen LogP contribution in [0.25, 0.3) is 11.1 Å². The molecule has 3 aromatic rings. The maximum Gasteiger partial charge on any atom is 0.303 e. The minimum atomic E-state index is -0.826. The zero-order valence-corrected chi connectivity index (χ0v) is 20.7. The summed E-state index contributed by atoms with van der Waals surface area (Å²) in [6, 6.07) is 15.7. The fraction of sp³-hybridized carbons (Fsp3) is 0.345. The van der Waals surface area contributed by atoms with Gasteiger partial charge in [0, 0.05) is 30.1 Å². The van der Waals surface area contributed by atoms with Gasteiger partial charge in [0.25, 0.3) is 0 Å². The van der Waals surface area contributed by atoms with Crippen LogP contribution in [0.4, 0.5) is 5.69 Å². The van der Waals surface area contributed by atoms with Crippen molar-refractivity contribution < 1.29 is 14.7 Å². The van der Waals surface area contributed by atoms with Gasteiger partial charge in [-0.25, -0.2) is 0 Å². The number of hydrogen-bond donors (Lipinski definition) is 2. The van der Waals surface area contributed by atoms with Crippen molar-refractivity contribution in [1.29, 1.82) is 0 Å². The summed E-state index contributed by atoms with van der Waals surface area (Å²) in [6.07, 6.45) is 9.48. The van der Waals surface area contributed by atoms with E-state index in [0.29, 0.717) is 11.4 Å². The third kappa shape index (κ3) is 6.29. The van der Waals surface area contributed by atoms with E-state index in [2.05, 4.69) is 10.3 Å². The van der Waals surface area contributed by atoms with Crippen molar-refractivity contribution in [2.45, 2.75) is 57.8 Å². The fourth-order valence-corrected chi connectivity index (χ4v) is 5.27. The van der Waals surface area contributed by atoms with Gasteiger partial charge in [-0.05, 0) is 66.5 Å². The average Bonchev–Trinajstić information content (AvgIpc) is 2.86. The van der Waals surface area contributed by atoms with Gasteiger partial charge in [-0.15, -0.1) is 0 Å². The summed E-state index contributed by atoms with van der Waals surface area (Å²) in [4.78, 5) is 28.9. The highest BCUT2D eigenvalue weighted by atomic mass is 35.5. The minimum Gasteiger partial charge on any atom is -0.481 e. The van der Waals surface area contributed by atoms with Gasteiger partial charge in [-0.1, -0.05) is 67.3 Å². The molecular weight excluding hydrogens is 460 g/mol. The largest absolute Gasteiger partial charge is 0.481 e. The van der Waals surface area contributed by atoms with Crippen molar-refractivity contribution in [3.05, 3.63) is 82.6 Å². The highest BCUT2D eigenvalue weighted by Gasteiger charge is 2.31. The van der Waals surface area contributed by atoms with Crippen LogP contribution in [0.3, 0.4) is 0 Å². The average molecular weight is 491 g/mol. The number of carbonyl (C=O) groups is 2. The van der Waals surface area contributed by atoms with Crippen molar-refractivity contribution in [2.75, 3.05) is 5.32 Å². The molecule has 35 heavy (non-hydrogen) atoms. The third-order valence-corrected chi connectivity index (χ3v) is 7.23. The molecule has 1 aliphatic carbocycles. The number of aryl methyl sites for hydroxylation is 1. The quantitative estimate of drug-likeness (QED) is 0.355. The molecule has 0 saturated heterocycles. The molecule has 0 spiro atoms. The number of carboxylic acid groups (broad SMARTS) is 1. The lowest BCUT2D eigenvalue weighted by Crippen LogP contribution is -2.29. The number of hydrogen-bond acceptors (Lipinski definition) is 3. The summed E-state index contributed by atoms with van der Waals surface area (Å²) >= 11 is 6.11. The van der Waals surface area contributed by atoms with Crippen LogP contribution >= 0.6 is 11.6 Å². The number of aromatic nitrogens is 1. The van der Waals surface area contributed by atoms with Crippen LogP contribution in [0.2, 0.25) is 5.02 Å². The number of halogens is 1. The Balaban J connectivity index is 1.59. The second-order valence-corrected chi connectivity index (χ2v) is 9.80. The molecule has 1 heterocycles. The Morgan fingerprint density at radius 2 is 1.80 bits per heavy atom. The van der Waals surface area contributed by atoms with Crippen molar-refractivity contribution in [1.82, 2.24) is 4.98 Å². The van der Waals surface area contributed by atoms with Crippen LogP contribution in [-0.2, 0) is 16.0 Å². The lowest BCUT2D eigenvalue weighted by molar-refractivity contribution is -0.137. The molecule has 1 aliphatic rings. The third-order valence-electron chi connectivity index (χ3n) is 7.02. The number of amides is 1. The van der Waals surface area contributed by atoms with E-state index in [1.54, 1.807) is 12.4 Å². The first kappa shape index (κ1) is 24.9. The Kier molecular flexibility index (Phi) is 8.19. The Morgan fingerprint density at radius 3 is 2.49 bits per heavy atom. The van der Waals surface area contributed by atoms with E-state index in [-0.39, 0.29) is 24.2 Å². The topological polar surface area (TPSA) is 79.3 Å². The van der Waals surface area contributed by atoms with E-state index in [4.69, 9.17) is 16.7 Å². The second kappa shape index (κ2) is 11.5. The number of aliphatic carboxylic acids is 1. The molecule has 1 atom stereocenters. The molecular formula is C29H31ClN2O3. The predicted octanol–water partition coefficient (Wildman–Crippen LogP) is 7.03. The number of carboxylic acids is 1. The number of nitrogens with zero attached hydrogens (tertiary/aromatic N) is 1. The van der Waals surface area contributed by atoms with E-state index < -0.39 is 5.97 Å². The normalized spacial score (nSPS) is 14.9. The van der Waals surface area contributed by atoms with E-state index in [1.165, 1.54) is 6.42 Å². The first-order valence-electron chi connectivity index (χ1n) is 12.2. The van der Waals surface area contributed by atoms with E-state index in [1.807, 2.05) is 55.5 Å². The van der Waals surface area contributed by atoms with E-state index in [0.717, 1.165) is 59.2 Å². The highest BCUT2D eigenvalue weighted by Crippen LogP contribution is 2.38. The molecule has 1 fully saturated rings. The number of rotatable bonds is 8. The summed E-state index contributed by atoms with van der Waals surface area (Å²) in [7, 11) is 0. The predicted molar refractivity (Wildman–Crippen MR) is 140 cm³/mol. The van der Waals surface area contributed by atoms with Crippen LogP contribution in [0, 0.1) is 12.8 Å². The van der Waals surface area contributed by atoms with Crippen molar-refractivity contribution >= 4 is 29.2 Å². The minimum absolute atomic E-state index is 0.00689. The van der Waals surface area contributed by atoms with Gasteiger partial charge in [0.15, 0.2) is 0 Å². The fourth-order valence-electron chi connectivity index (χ4n) is 5.10. The van der Waals surface area contributed by atoms with E-state index in [9.17, 15) is 9.59 Å². The van der Waals surface area contributed by atoms with Gasteiger partial charge < -0.3 is 10.4 Å². The molecule has 0 bridgehead atoms. The molecule has 0 unspecified atom stereocenters. The van der Waals surface area contributed by atoms with Gasteiger partial charge >= 0.3 is 5.97 Å². The summed E-state index contributed by atoms with van der Waals surface area (Å²) in [6.45, 7) is 1.94. The van der Waals surface area contributed by atoms with Gasteiger partial charge in [0.2, 0.25) is 5.91 Å². The van der Waals surface area contributed by atoms with E-state index >= 15 is 0 Å². The molecule has 2 aromatic carbocycles. The van der Waals surface area contributed by atoms with Crippen molar-refractivity contribution in [3.8, 4) is 11.1 Å². The number of carbonyl (C=O) groups excluding carboxylic acids is 1. The molecule has 0 aliphatic heterocycles. The number of nitrogens with one attached hydrogen (secondary N) is 1. The summed E-state index contributed by atoms with van der Waals surface area (Å²) in [5.41, 5.74) is 5.57. The van der Waals surface area contributed by atoms with Crippen LogP contribution < -0.4 is 5.32 Å². The molecule has 182 valence electrons. The number of anilines is 1. The SMILES string of the molecule is Cc1c(CCC(=O)O)cccc1NC(=O)[C@@H](c1ccc(-c2cncc(Cl)c2)cc1)C1CCCCC1. The van der Waals surface area contributed by atoms with Crippen LogP contribution in [0.1, 0.15) is 61.1 Å². The molecule has 1 aromatic heterocycles. The first-order chi connectivity index (χ1) is 16.9. The van der Waals surface area contributed by atoms with Crippen molar-refractivity contribution in [3.63, 3.8) is 0 Å². The Hall–Kier alpha value is -3.18. The standard InChI is InChI=1S/C29H31ClN2O3/c1-19-20(14-15-27(33)34)8-5-9-26(19)32-29(35)28(22-6-3-2-4-7-22)23-12-10-21(11-13-23)24-16-25(30)18-31-17-24/h5,8-13,16-18,22,28H,2-4,6-7,14-15H2,1H3,(H,32,35)(H,33,34)/t28-/m1/s1. The maximum absolute atomic E-state index is 13.7. The molecule has 1 saturated carbocycles. The van der Waals surface area contributed by atoms with Gasteiger partial charge in [0.05, 0.1) is 10.9 Å². The molecule has 4 rings (SSSR count). The monoisotopic (exact) mass is 490 g/mol. The van der Waals surface area contributed by atoms with Crippen LogP contribution in [0.5, 0.6) is 0 Å². The highest BCUT2D eigenvalue weighted by molar-refractivity contribution is 6.30. The van der Waals surface area contributed by atoms with Crippen molar-refractivity contribution in [2.24, 2.45) is 5.92 Å². The molecule has 1 amide bonds. The Labute approximate surface area is 211 Å². The van der Waals surface area contributed by atoms with Gasteiger partial charge in [-0.2, -0.15) is 0 Å². The lowest BCUT2D eigenvalue weighted by Gasteiger charge is -2.30. The van der Waals surface area contributed by atoms with Gasteiger partial charge in [0.1, 0.15) is 0 Å². The summed E-state index contributed by atoms with van der Waals surface area (Å²) < 4.78 is 0.